The molecule has 1 saturated carbocycles. The fourth-order valence-electron chi connectivity index (χ4n) is 4.79. The molecule has 2 aromatic rings. The third-order valence-electron chi connectivity index (χ3n) is 6.80. The van der Waals surface area contributed by atoms with E-state index in [1.54, 1.807) is 30.3 Å². The quantitative estimate of drug-likeness (QED) is 0.405. The number of hydrogen-bond donors (Lipinski definition) is 1. The van der Waals surface area contributed by atoms with Crippen molar-refractivity contribution >= 4 is 50.7 Å². The lowest BCUT2D eigenvalue weighted by Crippen LogP contribution is -2.53. The minimum atomic E-state index is -3.81. The molecule has 0 unspecified atom stereocenters. The second-order valence-corrected chi connectivity index (χ2v) is 12.1. The summed E-state index contributed by atoms with van der Waals surface area (Å²) in [6.45, 7) is 3.27. The molecule has 0 aromatic heterocycles. The Morgan fingerprint density at radius 1 is 1.03 bits per heavy atom. The molecule has 0 spiro atoms. The van der Waals surface area contributed by atoms with Gasteiger partial charge in [-0.15, -0.1) is 0 Å². The van der Waals surface area contributed by atoms with Crippen LogP contribution in [0.5, 0.6) is 0 Å². The number of nitrogens with zero attached hydrogens (tertiary/aromatic N) is 2. The van der Waals surface area contributed by atoms with Crippen molar-refractivity contribution in [3.63, 3.8) is 0 Å². The van der Waals surface area contributed by atoms with Gasteiger partial charge in [0.25, 0.3) is 0 Å². The number of benzene rings is 2. The van der Waals surface area contributed by atoms with Crippen molar-refractivity contribution in [3.8, 4) is 0 Å². The number of carbonyl (C=O) groups is 2. The first-order chi connectivity index (χ1) is 17.6. The predicted octanol–water partition coefficient (Wildman–Crippen LogP) is 5.19. The van der Waals surface area contributed by atoms with Crippen LogP contribution in [-0.2, 0) is 32.6 Å². The van der Waals surface area contributed by atoms with Crippen LogP contribution in [0.25, 0.3) is 0 Å². The Morgan fingerprint density at radius 2 is 1.65 bits per heavy atom. The molecular weight excluding hydrogens is 533 g/mol. The number of carbonyl (C=O) groups excluding carboxylic acids is 2. The summed E-state index contributed by atoms with van der Waals surface area (Å²) in [5.41, 5.74) is 1.75. The summed E-state index contributed by atoms with van der Waals surface area (Å²) in [7, 11) is -3.81. The summed E-state index contributed by atoms with van der Waals surface area (Å²) in [5.74, 6) is -0.772. The Balaban J connectivity index is 1.99. The second kappa shape index (κ2) is 13.0. The molecule has 202 valence electrons. The number of para-hydroxylation sites is 1. The maximum absolute atomic E-state index is 13.9. The maximum Gasteiger partial charge on any atom is 0.244 e. The second-order valence-electron chi connectivity index (χ2n) is 9.39. The van der Waals surface area contributed by atoms with Gasteiger partial charge in [-0.2, -0.15) is 0 Å². The van der Waals surface area contributed by atoms with E-state index in [9.17, 15) is 18.0 Å². The molecule has 2 amide bonds. The standard InChI is InChI=1S/C27H35Cl2N3O4S/c1-4-19-11-6-9-16-25(19)32(37(3,35)36)18-26(33)31(17-21-22(28)14-10-15-23(21)29)24(5-2)27(34)30-20-12-7-8-13-20/h6,9-11,14-16,20,24H,4-5,7-8,12-13,17-18H2,1-3H3,(H,30,34)/t24-/m0/s1. The number of rotatable bonds is 11. The Bertz CT molecular complexity index is 1200. The lowest BCUT2D eigenvalue weighted by Gasteiger charge is -2.34. The van der Waals surface area contributed by atoms with Crippen LogP contribution in [0.1, 0.15) is 57.1 Å². The van der Waals surface area contributed by atoms with E-state index in [-0.39, 0.29) is 18.5 Å². The van der Waals surface area contributed by atoms with E-state index in [0.29, 0.717) is 34.1 Å². The lowest BCUT2D eigenvalue weighted by atomic mass is 10.1. The van der Waals surface area contributed by atoms with Crippen molar-refractivity contribution in [1.82, 2.24) is 10.2 Å². The Kier molecular flexibility index (Phi) is 10.3. The van der Waals surface area contributed by atoms with E-state index < -0.39 is 28.5 Å². The summed E-state index contributed by atoms with van der Waals surface area (Å²) in [6, 6.07) is 11.4. The van der Waals surface area contributed by atoms with Crippen molar-refractivity contribution in [1.29, 1.82) is 0 Å². The highest BCUT2D eigenvalue weighted by atomic mass is 35.5. The first kappa shape index (κ1) is 29.3. The number of nitrogens with one attached hydrogen (secondary N) is 1. The SMILES string of the molecule is CCc1ccccc1N(CC(=O)N(Cc1c(Cl)cccc1Cl)[C@@H](CC)C(=O)NC1CCCC1)S(C)(=O)=O. The number of hydrogen-bond acceptors (Lipinski definition) is 4. The van der Waals surface area contributed by atoms with Gasteiger partial charge in [-0.05, 0) is 49.4 Å². The average molecular weight is 569 g/mol. The van der Waals surface area contributed by atoms with Gasteiger partial charge in [-0.3, -0.25) is 13.9 Å². The molecule has 1 aliphatic carbocycles. The average Bonchev–Trinajstić information content (AvgIpc) is 3.36. The van der Waals surface area contributed by atoms with Crippen LogP contribution in [-0.4, -0.2) is 50.0 Å². The van der Waals surface area contributed by atoms with Crippen molar-refractivity contribution in [2.45, 2.75) is 71.0 Å². The van der Waals surface area contributed by atoms with Crippen LogP contribution >= 0.6 is 23.2 Å². The fraction of sp³-hybridized carbons (Fsp3) is 0.481. The molecule has 3 rings (SSSR count). The van der Waals surface area contributed by atoms with Crippen LogP contribution in [0.3, 0.4) is 0 Å². The number of sulfonamides is 1. The highest BCUT2D eigenvalue weighted by Crippen LogP contribution is 2.29. The minimum absolute atomic E-state index is 0.0268. The normalized spacial score (nSPS) is 14.8. The molecule has 1 aliphatic rings. The van der Waals surface area contributed by atoms with Crippen LogP contribution in [0.15, 0.2) is 42.5 Å². The Labute approximate surface area is 230 Å². The van der Waals surface area contributed by atoms with Crippen LogP contribution in [0.2, 0.25) is 10.0 Å². The molecule has 1 atom stereocenters. The summed E-state index contributed by atoms with van der Waals surface area (Å²) < 4.78 is 26.8. The van der Waals surface area contributed by atoms with Gasteiger partial charge in [0.2, 0.25) is 21.8 Å². The molecule has 0 radical (unpaired) electrons. The Hall–Kier alpha value is -2.29. The first-order valence-electron chi connectivity index (χ1n) is 12.6. The number of aryl methyl sites for hydroxylation is 1. The maximum atomic E-state index is 13.9. The zero-order valence-electron chi connectivity index (χ0n) is 21.5. The van der Waals surface area contributed by atoms with Crippen LogP contribution < -0.4 is 9.62 Å². The molecule has 0 saturated heterocycles. The first-order valence-corrected chi connectivity index (χ1v) is 15.3. The smallest absolute Gasteiger partial charge is 0.244 e. The molecule has 10 heteroatoms. The molecule has 0 heterocycles. The number of amides is 2. The lowest BCUT2D eigenvalue weighted by molar-refractivity contribution is -0.140. The number of anilines is 1. The summed E-state index contributed by atoms with van der Waals surface area (Å²) in [4.78, 5) is 28.7. The van der Waals surface area contributed by atoms with Gasteiger partial charge in [0.15, 0.2) is 0 Å². The molecular formula is C27H35Cl2N3O4S. The molecule has 0 bridgehead atoms. The summed E-state index contributed by atoms with van der Waals surface area (Å²) in [5, 5.41) is 3.82. The van der Waals surface area contributed by atoms with E-state index in [1.165, 1.54) is 4.90 Å². The largest absolute Gasteiger partial charge is 0.352 e. The molecule has 1 fully saturated rings. The van der Waals surface area contributed by atoms with E-state index in [2.05, 4.69) is 5.32 Å². The van der Waals surface area contributed by atoms with Crippen LogP contribution in [0.4, 0.5) is 5.69 Å². The molecule has 0 aliphatic heterocycles. The third-order valence-corrected chi connectivity index (χ3v) is 8.63. The van der Waals surface area contributed by atoms with Crippen molar-refractivity contribution < 1.29 is 18.0 Å². The highest BCUT2D eigenvalue weighted by Gasteiger charge is 2.34. The van der Waals surface area contributed by atoms with Gasteiger partial charge in [0.1, 0.15) is 12.6 Å². The molecule has 1 N–H and O–H groups in total. The van der Waals surface area contributed by atoms with Gasteiger partial charge < -0.3 is 10.2 Å². The van der Waals surface area contributed by atoms with Gasteiger partial charge in [-0.25, -0.2) is 8.42 Å². The minimum Gasteiger partial charge on any atom is -0.352 e. The number of halogens is 2. The van der Waals surface area contributed by atoms with Crippen LogP contribution in [0, 0.1) is 0 Å². The van der Waals surface area contributed by atoms with Gasteiger partial charge in [-0.1, -0.05) is 74.2 Å². The van der Waals surface area contributed by atoms with Crippen molar-refractivity contribution in [2.24, 2.45) is 0 Å². The highest BCUT2D eigenvalue weighted by molar-refractivity contribution is 7.92. The van der Waals surface area contributed by atoms with Crippen molar-refractivity contribution in [3.05, 3.63) is 63.6 Å². The molecule has 37 heavy (non-hydrogen) atoms. The van der Waals surface area contributed by atoms with Gasteiger partial charge in [0, 0.05) is 28.2 Å². The zero-order valence-corrected chi connectivity index (χ0v) is 23.9. The van der Waals surface area contributed by atoms with E-state index in [0.717, 1.165) is 41.8 Å². The fourth-order valence-corrected chi connectivity index (χ4v) is 6.19. The van der Waals surface area contributed by atoms with E-state index in [4.69, 9.17) is 23.2 Å². The molecule has 2 aromatic carbocycles. The van der Waals surface area contributed by atoms with Gasteiger partial charge in [0.05, 0.1) is 11.9 Å². The summed E-state index contributed by atoms with van der Waals surface area (Å²) in [6.07, 6.45) is 5.93. The van der Waals surface area contributed by atoms with Gasteiger partial charge >= 0.3 is 0 Å². The molecule has 7 nitrogen and oxygen atoms in total. The predicted molar refractivity (Wildman–Crippen MR) is 149 cm³/mol. The van der Waals surface area contributed by atoms with E-state index >= 15 is 0 Å². The summed E-state index contributed by atoms with van der Waals surface area (Å²) >= 11 is 12.9. The van der Waals surface area contributed by atoms with Crippen molar-refractivity contribution in [2.75, 3.05) is 17.1 Å². The van der Waals surface area contributed by atoms with E-state index in [1.807, 2.05) is 26.0 Å². The Morgan fingerprint density at radius 3 is 2.22 bits per heavy atom. The zero-order chi connectivity index (χ0) is 27.2. The topological polar surface area (TPSA) is 86.8 Å². The third kappa shape index (κ3) is 7.39. The monoisotopic (exact) mass is 567 g/mol.